The van der Waals surface area contributed by atoms with Crippen molar-refractivity contribution < 1.29 is 22.6 Å². The van der Waals surface area contributed by atoms with Crippen LogP contribution < -0.4 is 19.9 Å². The van der Waals surface area contributed by atoms with Crippen molar-refractivity contribution in [2.75, 3.05) is 41.0 Å². The second-order valence-electron chi connectivity index (χ2n) is 5.47. The van der Waals surface area contributed by atoms with Crippen molar-refractivity contribution in [1.82, 2.24) is 4.31 Å². The zero-order valence-electron chi connectivity index (χ0n) is 14.1. The van der Waals surface area contributed by atoms with Crippen molar-refractivity contribution in [2.24, 2.45) is 11.7 Å². The SMILES string of the molecule is COc1cc(OC)c(S(=O)(=O)N2CCCC(CN)C2)c(OC)c1.Cl. The van der Waals surface area contributed by atoms with E-state index in [2.05, 4.69) is 0 Å². The van der Waals surface area contributed by atoms with Crippen LogP contribution in [0.4, 0.5) is 0 Å². The number of nitrogens with zero attached hydrogens (tertiary/aromatic N) is 1. The molecule has 9 heteroatoms. The molecule has 0 saturated carbocycles. The summed E-state index contributed by atoms with van der Waals surface area (Å²) in [5, 5.41) is 0. The molecule has 0 aliphatic carbocycles. The van der Waals surface area contributed by atoms with Crippen molar-refractivity contribution in [3.63, 3.8) is 0 Å². The molecule has 24 heavy (non-hydrogen) atoms. The Labute approximate surface area is 149 Å². The Hall–Kier alpha value is -1.22. The van der Waals surface area contributed by atoms with E-state index in [1.165, 1.54) is 25.6 Å². The number of ether oxygens (including phenoxy) is 3. The Morgan fingerprint density at radius 1 is 1.17 bits per heavy atom. The van der Waals surface area contributed by atoms with Crippen LogP contribution >= 0.6 is 12.4 Å². The Morgan fingerprint density at radius 3 is 2.21 bits per heavy atom. The van der Waals surface area contributed by atoms with Crippen LogP contribution in [0.1, 0.15) is 12.8 Å². The minimum absolute atomic E-state index is 0. The molecule has 1 aliphatic rings. The van der Waals surface area contributed by atoms with Crippen LogP contribution in [0, 0.1) is 5.92 Å². The summed E-state index contributed by atoms with van der Waals surface area (Å²) in [5.41, 5.74) is 5.71. The van der Waals surface area contributed by atoms with Gasteiger partial charge in [-0.15, -0.1) is 12.4 Å². The summed E-state index contributed by atoms with van der Waals surface area (Å²) in [5.74, 6) is 1.05. The summed E-state index contributed by atoms with van der Waals surface area (Å²) in [6.07, 6.45) is 1.74. The maximum absolute atomic E-state index is 13.1. The molecule has 1 atom stereocenters. The number of nitrogens with two attached hydrogens (primary N) is 1. The van der Waals surface area contributed by atoms with Gasteiger partial charge in [0.05, 0.1) is 21.3 Å². The number of methoxy groups -OCH3 is 3. The first kappa shape index (κ1) is 20.8. The van der Waals surface area contributed by atoms with Crippen LogP contribution in [0.15, 0.2) is 17.0 Å². The van der Waals surface area contributed by atoms with Crippen LogP contribution in [0.2, 0.25) is 0 Å². The molecule has 1 saturated heterocycles. The molecule has 2 N–H and O–H groups in total. The van der Waals surface area contributed by atoms with E-state index in [0.29, 0.717) is 25.4 Å². The molecule has 0 radical (unpaired) electrons. The molecule has 7 nitrogen and oxygen atoms in total. The molecule has 1 aromatic rings. The van der Waals surface area contributed by atoms with Crippen LogP contribution in [-0.4, -0.2) is 53.7 Å². The lowest BCUT2D eigenvalue weighted by molar-refractivity contribution is 0.269. The van der Waals surface area contributed by atoms with E-state index in [4.69, 9.17) is 19.9 Å². The molecule has 2 rings (SSSR count). The number of sulfonamides is 1. The van der Waals surface area contributed by atoms with Gasteiger partial charge in [0, 0.05) is 25.2 Å². The van der Waals surface area contributed by atoms with Gasteiger partial charge in [0.25, 0.3) is 0 Å². The van der Waals surface area contributed by atoms with Gasteiger partial charge in [0.1, 0.15) is 17.2 Å². The molecule has 0 aromatic heterocycles. The van der Waals surface area contributed by atoms with Gasteiger partial charge in [-0.25, -0.2) is 8.42 Å². The van der Waals surface area contributed by atoms with Gasteiger partial charge in [-0.3, -0.25) is 0 Å². The third-order valence-electron chi connectivity index (χ3n) is 4.08. The summed E-state index contributed by atoms with van der Waals surface area (Å²) in [7, 11) is 0.601. The molecule has 1 unspecified atom stereocenters. The Balaban J connectivity index is 0.00000288. The largest absolute Gasteiger partial charge is 0.496 e. The van der Waals surface area contributed by atoms with Crippen molar-refractivity contribution in [3.05, 3.63) is 12.1 Å². The summed E-state index contributed by atoms with van der Waals surface area (Å²) in [6, 6.07) is 3.08. The van der Waals surface area contributed by atoms with E-state index in [9.17, 15) is 8.42 Å². The van der Waals surface area contributed by atoms with Crippen LogP contribution in [0.3, 0.4) is 0 Å². The first-order valence-corrected chi connectivity index (χ1v) is 8.92. The van der Waals surface area contributed by atoms with Gasteiger partial charge in [0.2, 0.25) is 10.0 Å². The van der Waals surface area contributed by atoms with Gasteiger partial charge < -0.3 is 19.9 Å². The maximum atomic E-state index is 13.1. The number of hydrogen-bond donors (Lipinski definition) is 1. The van der Waals surface area contributed by atoms with E-state index in [-0.39, 0.29) is 34.7 Å². The van der Waals surface area contributed by atoms with Gasteiger partial charge in [0.15, 0.2) is 4.90 Å². The maximum Gasteiger partial charge on any atom is 0.250 e. The van der Waals surface area contributed by atoms with Crippen molar-refractivity contribution in [2.45, 2.75) is 17.7 Å². The first-order valence-electron chi connectivity index (χ1n) is 7.48. The van der Waals surface area contributed by atoms with E-state index in [1.807, 2.05) is 0 Å². The van der Waals surface area contributed by atoms with Crippen LogP contribution in [-0.2, 0) is 10.0 Å². The fourth-order valence-corrected chi connectivity index (χ4v) is 4.62. The van der Waals surface area contributed by atoms with Gasteiger partial charge >= 0.3 is 0 Å². The third kappa shape index (κ3) is 4.05. The molecule has 0 amide bonds. The highest BCUT2D eigenvalue weighted by molar-refractivity contribution is 7.89. The fraction of sp³-hybridized carbons (Fsp3) is 0.600. The average molecular weight is 381 g/mol. The van der Waals surface area contributed by atoms with E-state index < -0.39 is 10.0 Å². The number of hydrogen-bond acceptors (Lipinski definition) is 6. The highest BCUT2D eigenvalue weighted by Crippen LogP contribution is 2.40. The van der Waals surface area contributed by atoms with Gasteiger partial charge in [-0.05, 0) is 25.3 Å². The number of rotatable bonds is 6. The lowest BCUT2D eigenvalue weighted by atomic mass is 10.0. The molecular weight excluding hydrogens is 356 g/mol. The normalized spacial score (nSPS) is 18.6. The minimum Gasteiger partial charge on any atom is -0.496 e. The number of halogens is 1. The van der Waals surface area contributed by atoms with Crippen molar-refractivity contribution >= 4 is 22.4 Å². The Bertz CT molecular complexity index is 628. The zero-order chi connectivity index (χ0) is 17.0. The molecule has 1 aliphatic heterocycles. The van der Waals surface area contributed by atoms with Crippen LogP contribution in [0.5, 0.6) is 17.2 Å². The minimum atomic E-state index is -3.74. The fourth-order valence-electron chi connectivity index (χ4n) is 2.79. The highest BCUT2D eigenvalue weighted by Gasteiger charge is 2.35. The molecule has 138 valence electrons. The zero-order valence-corrected chi connectivity index (χ0v) is 15.8. The van der Waals surface area contributed by atoms with Gasteiger partial charge in [-0.2, -0.15) is 4.31 Å². The number of benzene rings is 1. The predicted octanol–water partition coefficient (Wildman–Crippen LogP) is 1.49. The second-order valence-corrected chi connectivity index (χ2v) is 7.34. The molecule has 1 heterocycles. The molecule has 0 bridgehead atoms. The monoisotopic (exact) mass is 380 g/mol. The molecule has 0 spiro atoms. The van der Waals surface area contributed by atoms with Crippen molar-refractivity contribution in [3.8, 4) is 17.2 Å². The third-order valence-corrected chi connectivity index (χ3v) is 6.01. The quantitative estimate of drug-likeness (QED) is 0.804. The van der Waals surface area contributed by atoms with Crippen molar-refractivity contribution in [1.29, 1.82) is 0 Å². The molecular formula is C15H25ClN2O5S. The average Bonchev–Trinajstić information content (AvgIpc) is 2.60. The topological polar surface area (TPSA) is 91.1 Å². The lowest BCUT2D eigenvalue weighted by Gasteiger charge is -2.32. The standard InChI is InChI=1S/C15H24N2O5S.ClH/c1-20-12-7-13(21-2)15(14(8-12)22-3)23(18,19)17-6-4-5-11(9-16)10-17;/h7-8,11H,4-6,9-10,16H2,1-3H3;1H. The number of piperidine rings is 1. The Kier molecular flexibility index (Phi) is 7.59. The second kappa shape index (κ2) is 8.75. The smallest absolute Gasteiger partial charge is 0.250 e. The Morgan fingerprint density at radius 2 is 1.75 bits per heavy atom. The van der Waals surface area contributed by atoms with Gasteiger partial charge in [-0.1, -0.05) is 0 Å². The predicted molar refractivity (Wildman–Crippen MR) is 93.9 cm³/mol. The van der Waals surface area contributed by atoms with Crippen LogP contribution in [0.25, 0.3) is 0 Å². The summed E-state index contributed by atoms with van der Waals surface area (Å²) >= 11 is 0. The van der Waals surface area contributed by atoms with E-state index in [1.54, 1.807) is 12.1 Å². The van der Waals surface area contributed by atoms with E-state index >= 15 is 0 Å². The molecule has 1 aromatic carbocycles. The van der Waals surface area contributed by atoms with E-state index in [0.717, 1.165) is 12.8 Å². The molecule has 1 fully saturated rings. The summed E-state index contributed by atoms with van der Waals surface area (Å²) < 4.78 is 43.3. The summed E-state index contributed by atoms with van der Waals surface area (Å²) in [4.78, 5) is 0.0287. The highest BCUT2D eigenvalue weighted by atomic mass is 35.5. The summed E-state index contributed by atoms with van der Waals surface area (Å²) in [6.45, 7) is 1.36. The lowest BCUT2D eigenvalue weighted by Crippen LogP contribution is -2.42. The first-order chi connectivity index (χ1) is 11.0.